The van der Waals surface area contributed by atoms with Crippen molar-refractivity contribution >= 4 is 28.7 Å². The molecule has 2 aliphatic rings. The van der Waals surface area contributed by atoms with Crippen molar-refractivity contribution in [3.8, 4) is 17.2 Å². The van der Waals surface area contributed by atoms with Crippen LogP contribution >= 0.6 is 0 Å². The van der Waals surface area contributed by atoms with Gasteiger partial charge < -0.3 is 24.0 Å². The number of fused-ring (bicyclic) bond motifs is 6. The van der Waals surface area contributed by atoms with Crippen molar-refractivity contribution < 1.29 is 19.0 Å². The smallest absolute Gasteiger partial charge is 0.340 e. The van der Waals surface area contributed by atoms with Gasteiger partial charge in [0.2, 0.25) is 0 Å². The number of rotatable bonds is 7. The zero-order valence-corrected chi connectivity index (χ0v) is 26.3. The average molecular weight is 597 g/mol. The van der Waals surface area contributed by atoms with E-state index in [0.29, 0.717) is 22.8 Å². The van der Waals surface area contributed by atoms with Crippen molar-refractivity contribution in [1.29, 1.82) is 0 Å². The molecule has 2 heterocycles. The molecule has 1 atom stereocenters. The third-order valence-electron chi connectivity index (χ3n) is 8.95. The molecule has 226 valence electrons. The molecule has 6 heteroatoms. The summed E-state index contributed by atoms with van der Waals surface area (Å²) in [5.41, 5.74) is 7.81. The zero-order valence-electron chi connectivity index (χ0n) is 26.3. The molecule has 0 radical (unpaired) electrons. The SMILES string of the molecule is CCN(CC)c1ccc2c(c1)Oc1cc(OC)c(N(c3ccc(C)cc3)c3ccc(C)cc3)cc1C21OC(=O)c2ccccc21. The van der Waals surface area contributed by atoms with Gasteiger partial charge in [-0.2, -0.15) is 0 Å². The van der Waals surface area contributed by atoms with E-state index in [9.17, 15) is 4.79 Å². The standard InChI is InChI=1S/C39H36N2O4/c1-6-40(7-2)29-20-21-32-35(22-29)44-36-24-37(43-5)34(23-33(36)39(32)31-11-9-8-10-30(31)38(42)45-39)41(27-16-12-25(3)13-17-27)28-18-14-26(4)15-19-28/h8-24H,6-7H2,1-5H3. The van der Waals surface area contributed by atoms with Crippen molar-refractivity contribution in [1.82, 2.24) is 0 Å². The van der Waals surface area contributed by atoms with Crippen LogP contribution in [0.2, 0.25) is 0 Å². The first-order chi connectivity index (χ1) is 21.9. The molecule has 0 aliphatic carbocycles. The number of carbonyl (C=O) groups is 1. The summed E-state index contributed by atoms with van der Waals surface area (Å²) in [5.74, 6) is 1.51. The number of hydrogen-bond acceptors (Lipinski definition) is 6. The normalized spacial score (nSPS) is 15.9. The van der Waals surface area contributed by atoms with Crippen LogP contribution in [0.3, 0.4) is 0 Å². The molecule has 6 nitrogen and oxygen atoms in total. The van der Waals surface area contributed by atoms with E-state index in [-0.39, 0.29) is 5.97 Å². The van der Waals surface area contributed by atoms with Gasteiger partial charge in [0, 0.05) is 59.0 Å². The lowest BCUT2D eigenvalue weighted by molar-refractivity contribution is 0.0224. The highest BCUT2D eigenvalue weighted by molar-refractivity contribution is 5.97. The van der Waals surface area contributed by atoms with Crippen molar-refractivity contribution in [2.45, 2.75) is 33.3 Å². The fourth-order valence-corrected chi connectivity index (χ4v) is 6.62. The van der Waals surface area contributed by atoms with Gasteiger partial charge in [-0.15, -0.1) is 0 Å². The first-order valence-electron chi connectivity index (χ1n) is 15.4. The Bertz CT molecular complexity index is 1870. The summed E-state index contributed by atoms with van der Waals surface area (Å²) in [5, 5.41) is 0. The molecule has 0 amide bonds. The number of esters is 1. The summed E-state index contributed by atoms with van der Waals surface area (Å²) in [6.45, 7) is 10.1. The number of carbonyl (C=O) groups excluding carboxylic acids is 1. The number of hydrogen-bond donors (Lipinski definition) is 0. The van der Waals surface area contributed by atoms with E-state index in [0.717, 1.165) is 52.5 Å². The Morgan fingerprint density at radius 3 is 1.91 bits per heavy atom. The summed E-state index contributed by atoms with van der Waals surface area (Å²) < 4.78 is 19.3. The average Bonchev–Trinajstić information content (AvgIpc) is 3.36. The van der Waals surface area contributed by atoms with Gasteiger partial charge in [0.1, 0.15) is 17.2 Å². The molecular weight excluding hydrogens is 560 g/mol. The topological polar surface area (TPSA) is 51.2 Å². The monoisotopic (exact) mass is 596 g/mol. The molecule has 0 fully saturated rings. The molecule has 0 N–H and O–H groups in total. The Balaban J connectivity index is 1.51. The molecule has 1 spiro atoms. The minimum Gasteiger partial charge on any atom is -0.494 e. The maximum atomic E-state index is 13.6. The van der Waals surface area contributed by atoms with Gasteiger partial charge in [0.05, 0.1) is 18.4 Å². The predicted molar refractivity (Wildman–Crippen MR) is 179 cm³/mol. The van der Waals surface area contributed by atoms with Crippen LogP contribution in [0.15, 0.2) is 103 Å². The number of aryl methyl sites for hydroxylation is 2. The molecule has 0 bridgehead atoms. The number of methoxy groups -OCH3 is 1. The van der Waals surface area contributed by atoms with Crippen LogP contribution in [0, 0.1) is 13.8 Å². The molecule has 5 aromatic rings. The van der Waals surface area contributed by atoms with Gasteiger partial charge in [-0.05, 0) is 76.2 Å². The van der Waals surface area contributed by atoms with Gasteiger partial charge in [-0.1, -0.05) is 53.6 Å². The summed E-state index contributed by atoms with van der Waals surface area (Å²) in [6.07, 6.45) is 0. The third-order valence-corrected chi connectivity index (χ3v) is 8.95. The number of anilines is 4. The van der Waals surface area contributed by atoms with Crippen LogP contribution in [0.4, 0.5) is 22.7 Å². The van der Waals surface area contributed by atoms with Crippen LogP contribution in [0.5, 0.6) is 17.2 Å². The van der Waals surface area contributed by atoms with E-state index < -0.39 is 5.60 Å². The van der Waals surface area contributed by atoms with Gasteiger partial charge in [-0.25, -0.2) is 4.79 Å². The molecule has 1 unspecified atom stereocenters. The third kappa shape index (κ3) is 4.51. The molecule has 5 aromatic carbocycles. The van der Waals surface area contributed by atoms with Crippen LogP contribution < -0.4 is 19.3 Å². The van der Waals surface area contributed by atoms with Gasteiger partial charge in [-0.3, -0.25) is 0 Å². The molecular formula is C39H36N2O4. The number of nitrogens with zero attached hydrogens (tertiary/aromatic N) is 2. The lowest BCUT2D eigenvalue weighted by Gasteiger charge is -2.38. The van der Waals surface area contributed by atoms with E-state index in [1.807, 2.05) is 42.5 Å². The van der Waals surface area contributed by atoms with E-state index in [4.69, 9.17) is 14.2 Å². The second-order valence-corrected chi connectivity index (χ2v) is 11.6. The second-order valence-electron chi connectivity index (χ2n) is 11.6. The highest BCUT2D eigenvalue weighted by atomic mass is 16.6. The summed E-state index contributed by atoms with van der Waals surface area (Å²) in [6, 6.07) is 34.6. The van der Waals surface area contributed by atoms with Crippen molar-refractivity contribution in [2.24, 2.45) is 0 Å². The maximum Gasteiger partial charge on any atom is 0.340 e. The quantitative estimate of drug-likeness (QED) is 0.175. The summed E-state index contributed by atoms with van der Waals surface area (Å²) in [7, 11) is 1.67. The maximum absolute atomic E-state index is 13.6. The Hall–Kier alpha value is -5.23. The van der Waals surface area contributed by atoms with Gasteiger partial charge in [0.25, 0.3) is 0 Å². The van der Waals surface area contributed by atoms with Gasteiger partial charge >= 0.3 is 5.97 Å². The highest BCUT2D eigenvalue weighted by Crippen LogP contribution is 2.59. The first-order valence-corrected chi connectivity index (χ1v) is 15.4. The Morgan fingerprint density at radius 2 is 1.29 bits per heavy atom. The number of ether oxygens (including phenoxy) is 3. The fourth-order valence-electron chi connectivity index (χ4n) is 6.62. The Labute approximate surface area is 264 Å². The summed E-state index contributed by atoms with van der Waals surface area (Å²) in [4.78, 5) is 18.0. The number of benzene rings is 5. The molecule has 2 aliphatic heterocycles. The first kappa shape index (κ1) is 28.5. The molecule has 0 saturated carbocycles. The van der Waals surface area contributed by atoms with Crippen LogP contribution in [-0.4, -0.2) is 26.2 Å². The fraction of sp³-hybridized carbons (Fsp3) is 0.205. The minimum absolute atomic E-state index is 0.358. The van der Waals surface area contributed by atoms with Crippen molar-refractivity contribution in [3.63, 3.8) is 0 Å². The molecule has 0 saturated heterocycles. The van der Waals surface area contributed by atoms with Crippen LogP contribution in [-0.2, 0) is 10.3 Å². The van der Waals surface area contributed by atoms with E-state index in [1.54, 1.807) is 7.11 Å². The Kier molecular flexibility index (Phi) is 7.00. The summed E-state index contributed by atoms with van der Waals surface area (Å²) >= 11 is 0. The van der Waals surface area contributed by atoms with Crippen LogP contribution in [0.1, 0.15) is 52.0 Å². The predicted octanol–water partition coefficient (Wildman–Crippen LogP) is 9.20. The molecule has 45 heavy (non-hydrogen) atoms. The van der Waals surface area contributed by atoms with Crippen molar-refractivity contribution in [3.05, 3.63) is 137 Å². The van der Waals surface area contributed by atoms with E-state index >= 15 is 0 Å². The Morgan fingerprint density at radius 1 is 0.689 bits per heavy atom. The van der Waals surface area contributed by atoms with Crippen LogP contribution in [0.25, 0.3) is 0 Å². The van der Waals surface area contributed by atoms with E-state index in [2.05, 4.69) is 98.2 Å². The molecule has 0 aromatic heterocycles. The second kappa shape index (κ2) is 11.0. The van der Waals surface area contributed by atoms with Gasteiger partial charge in [0.15, 0.2) is 5.60 Å². The zero-order chi connectivity index (χ0) is 31.3. The van der Waals surface area contributed by atoms with E-state index in [1.165, 1.54) is 11.1 Å². The lowest BCUT2D eigenvalue weighted by atomic mass is 9.77. The lowest BCUT2D eigenvalue weighted by Crippen LogP contribution is -2.33. The largest absolute Gasteiger partial charge is 0.494 e. The minimum atomic E-state index is -1.20. The van der Waals surface area contributed by atoms with Crippen molar-refractivity contribution in [2.75, 3.05) is 30.0 Å². The highest BCUT2D eigenvalue weighted by Gasteiger charge is 2.54. The molecule has 7 rings (SSSR count).